The van der Waals surface area contributed by atoms with Crippen LogP contribution in [0.15, 0.2) is 0 Å². The van der Waals surface area contributed by atoms with Crippen LogP contribution in [0.5, 0.6) is 0 Å². The third-order valence-corrected chi connectivity index (χ3v) is 4.50. The Morgan fingerprint density at radius 1 is 1.80 bits per heavy atom. The topological polar surface area (TPSA) is 49.8 Å². The van der Waals surface area contributed by atoms with Gasteiger partial charge in [0.15, 0.2) is 0 Å². The molecule has 0 amide bonds. The predicted molar refractivity (Wildman–Crippen MR) is 63.6 cm³/mol. The Morgan fingerprint density at radius 2 is 2.40 bits per heavy atom. The molecule has 0 radical (unpaired) electrons. The van der Waals surface area contributed by atoms with E-state index in [1.54, 1.807) is 18.9 Å². The van der Waals surface area contributed by atoms with E-state index in [1.165, 1.54) is 18.7 Å². The van der Waals surface area contributed by atoms with E-state index in [0.29, 0.717) is 17.3 Å². The van der Waals surface area contributed by atoms with Crippen LogP contribution in [0.3, 0.4) is 0 Å². The lowest BCUT2D eigenvalue weighted by atomic mass is 10.1. The molecule has 1 saturated heterocycles. The standard InChI is InChI=1S/C9H15NO3S2/c1-6(11)13-5-4-7-9(2,12)10(3)8(14)15-7/h7,12H,4-5H2,1-3H3. The van der Waals surface area contributed by atoms with Crippen molar-refractivity contribution in [3.8, 4) is 0 Å². The molecule has 1 heterocycles. The number of hydrogen-bond donors (Lipinski definition) is 1. The zero-order chi connectivity index (χ0) is 11.6. The number of aliphatic hydroxyl groups is 1. The summed E-state index contributed by atoms with van der Waals surface area (Å²) in [6, 6.07) is 0. The quantitative estimate of drug-likeness (QED) is 0.594. The summed E-state index contributed by atoms with van der Waals surface area (Å²) in [4.78, 5) is 12.3. The molecule has 0 aromatic carbocycles. The third-order valence-electron chi connectivity index (χ3n) is 2.49. The number of carbonyl (C=O) groups is 1. The second-order valence-electron chi connectivity index (χ2n) is 3.65. The van der Waals surface area contributed by atoms with E-state index >= 15 is 0 Å². The minimum absolute atomic E-state index is 0.0469. The summed E-state index contributed by atoms with van der Waals surface area (Å²) < 4.78 is 5.52. The molecule has 2 unspecified atom stereocenters. The van der Waals surface area contributed by atoms with E-state index in [2.05, 4.69) is 0 Å². The molecule has 1 rings (SSSR count). The molecule has 6 heteroatoms. The maximum absolute atomic E-state index is 10.6. The molecule has 15 heavy (non-hydrogen) atoms. The van der Waals surface area contributed by atoms with Crippen LogP contribution in [0, 0.1) is 0 Å². The van der Waals surface area contributed by atoms with Crippen LogP contribution in [-0.2, 0) is 9.53 Å². The van der Waals surface area contributed by atoms with Crippen LogP contribution in [-0.4, -0.2) is 44.9 Å². The largest absolute Gasteiger partial charge is 0.466 e. The number of carbonyl (C=O) groups excluding carboxylic acids is 1. The van der Waals surface area contributed by atoms with Gasteiger partial charge in [-0.2, -0.15) is 0 Å². The zero-order valence-electron chi connectivity index (χ0n) is 9.02. The number of esters is 1. The van der Waals surface area contributed by atoms with Gasteiger partial charge in [0.2, 0.25) is 0 Å². The molecule has 1 aliphatic rings. The second-order valence-corrected chi connectivity index (χ2v) is 5.49. The van der Waals surface area contributed by atoms with Crippen LogP contribution >= 0.6 is 24.0 Å². The van der Waals surface area contributed by atoms with Crippen LogP contribution in [0.1, 0.15) is 20.3 Å². The summed E-state index contributed by atoms with van der Waals surface area (Å²) in [5, 5.41) is 10.1. The average molecular weight is 249 g/mol. The van der Waals surface area contributed by atoms with Gasteiger partial charge in [0.25, 0.3) is 0 Å². The first kappa shape index (κ1) is 12.7. The molecule has 0 saturated carbocycles. The van der Waals surface area contributed by atoms with Crippen LogP contribution < -0.4 is 0 Å². The molecule has 1 aliphatic heterocycles. The summed E-state index contributed by atoms with van der Waals surface area (Å²) in [5.41, 5.74) is -0.956. The lowest BCUT2D eigenvalue weighted by Gasteiger charge is -2.30. The first-order chi connectivity index (χ1) is 6.85. The van der Waals surface area contributed by atoms with Gasteiger partial charge in [-0.15, -0.1) is 0 Å². The van der Waals surface area contributed by atoms with E-state index in [1.807, 2.05) is 0 Å². The smallest absolute Gasteiger partial charge is 0.302 e. The van der Waals surface area contributed by atoms with Gasteiger partial charge in [0, 0.05) is 14.0 Å². The van der Waals surface area contributed by atoms with E-state index < -0.39 is 5.72 Å². The molecular weight excluding hydrogens is 234 g/mol. The number of thiocarbonyl (C=S) groups is 1. The van der Waals surface area contributed by atoms with Crippen molar-refractivity contribution in [3.05, 3.63) is 0 Å². The van der Waals surface area contributed by atoms with Gasteiger partial charge in [-0.3, -0.25) is 4.79 Å². The van der Waals surface area contributed by atoms with Crippen molar-refractivity contribution in [1.29, 1.82) is 0 Å². The molecule has 0 bridgehead atoms. The fraction of sp³-hybridized carbons (Fsp3) is 0.778. The molecule has 4 nitrogen and oxygen atoms in total. The number of ether oxygens (including phenoxy) is 1. The molecule has 0 aliphatic carbocycles. The van der Waals surface area contributed by atoms with Crippen LogP contribution in [0.2, 0.25) is 0 Å². The number of thioether (sulfide) groups is 1. The second kappa shape index (κ2) is 4.67. The molecule has 2 atom stereocenters. The van der Waals surface area contributed by atoms with Gasteiger partial charge in [0.05, 0.1) is 11.9 Å². The fourth-order valence-corrected chi connectivity index (χ4v) is 3.07. The van der Waals surface area contributed by atoms with Gasteiger partial charge >= 0.3 is 5.97 Å². The molecule has 1 fully saturated rings. The Labute approximate surface area is 99.0 Å². The number of hydrogen-bond acceptors (Lipinski definition) is 5. The minimum Gasteiger partial charge on any atom is -0.466 e. The molecule has 0 spiro atoms. The summed E-state index contributed by atoms with van der Waals surface area (Å²) in [7, 11) is 1.77. The highest BCUT2D eigenvalue weighted by Crippen LogP contribution is 2.38. The van der Waals surface area contributed by atoms with Gasteiger partial charge in [-0.1, -0.05) is 24.0 Å². The molecule has 1 N–H and O–H groups in total. The predicted octanol–water partition coefficient (Wildman–Crippen LogP) is 0.980. The highest BCUT2D eigenvalue weighted by molar-refractivity contribution is 8.23. The molecular formula is C9H15NO3S2. The van der Waals surface area contributed by atoms with E-state index in [0.717, 1.165) is 0 Å². The van der Waals surface area contributed by atoms with Crippen molar-refractivity contribution in [2.24, 2.45) is 0 Å². The van der Waals surface area contributed by atoms with Crippen molar-refractivity contribution >= 4 is 34.3 Å². The van der Waals surface area contributed by atoms with Gasteiger partial charge in [-0.05, 0) is 13.3 Å². The van der Waals surface area contributed by atoms with Crippen molar-refractivity contribution in [3.63, 3.8) is 0 Å². The monoisotopic (exact) mass is 249 g/mol. The van der Waals surface area contributed by atoms with Gasteiger partial charge < -0.3 is 14.7 Å². The highest BCUT2D eigenvalue weighted by Gasteiger charge is 2.44. The highest BCUT2D eigenvalue weighted by atomic mass is 32.2. The van der Waals surface area contributed by atoms with Gasteiger partial charge in [-0.25, -0.2) is 0 Å². The molecule has 0 aromatic heterocycles. The SMILES string of the molecule is CC(=O)OCCC1SC(=S)N(C)C1(C)O. The Morgan fingerprint density at radius 3 is 2.80 bits per heavy atom. The lowest BCUT2D eigenvalue weighted by molar-refractivity contribution is -0.141. The lowest BCUT2D eigenvalue weighted by Crippen LogP contribution is -2.46. The summed E-state index contributed by atoms with van der Waals surface area (Å²) in [6.07, 6.45) is 0.599. The molecule has 86 valence electrons. The summed E-state index contributed by atoms with van der Waals surface area (Å²) >= 11 is 6.54. The van der Waals surface area contributed by atoms with Crippen molar-refractivity contribution in [2.45, 2.75) is 31.2 Å². The summed E-state index contributed by atoms with van der Waals surface area (Å²) in [5.74, 6) is -0.298. The van der Waals surface area contributed by atoms with Crippen molar-refractivity contribution < 1.29 is 14.6 Å². The maximum Gasteiger partial charge on any atom is 0.302 e. The first-order valence-electron chi connectivity index (χ1n) is 4.66. The maximum atomic E-state index is 10.6. The van der Waals surface area contributed by atoms with Crippen LogP contribution in [0.25, 0.3) is 0 Å². The fourth-order valence-electron chi connectivity index (χ4n) is 1.36. The van der Waals surface area contributed by atoms with E-state index in [-0.39, 0.29) is 11.2 Å². The van der Waals surface area contributed by atoms with E-state index in [9.17, 15) is 9.90 Å². The first-order valence-corrected chi connectivity index (χ1v) is 5.94. The Kier molecular flexibility index (Phi) is 3.97. The average Bonchev–Trinajstić information content (AvgIpc) is 2.30. The third kappa shape index (κ3) is 2.83. The minimum atomic E-state index is -0.956. The Balaban J connectivity index is 2.49. The van der Waals surface area contributed by atoms with Crippen LogP contribution in [0.4, 0.5) is 0 Å². The van der Waals surface area contributed by atoms with E-state index in [4.69, 9.17) is 17.0 Å². The normalized spacial score (nSPS) is 30.8. The van der Waals surface area contributed by atoms with Crippen molar-refractivity contribution in [1.82, 2.24) is 4.90 Å². The van der Waals surface area contributed by atoms with Gasteiger partial charge in [0.1, 0.15) is 10.0 Å². The zero-order valence-corrected chi connectivity index (χ0v) is 10.7. The Bertz CT molecular complexity index is 281. The Hall–Kier alpha value is -0.330. The summed E-state index contributed by atoms with van der Waals surface area (Å²) in [6.45, 7) is 3.41. The molecule has 0 aromatic rings. The number of rotatable bonds is 3. The van der Waals surface area contributed by atoms with Crippen molar-refractivity contribution in [2.75, 3.05) is 13.7 Å². The number of nitrogens with zero attached hydrogens (tertiary/aromatic N) is 1.